The van der Waals surface area contributed by atoms with Gasteiger partial charge in [0.1, 0.15) is 11.4 Å². The fourth-order valence-electron chi connectivity index (χ4n) is 5.16. The van der Waals surface area contributed by atoms with E-state index < -0.39 is 0 Å². The van der Waals surface area contributed by atoms with Gasteiger partial charge in [0, 0.05) is 5.92 Å². The Labute approximate surface area is 194 Å². The zero-order valence-electron chi connectivity index (χ0n) is 21.4. The van der Waals surface area contributed by atoms with Crippen molar-refractivity contribution < 1.29 is 9.47 Å². The van der Waals surface area contributed by atoms with Gasteiger partial charge in [-0.3, -0.25) is 4.48 Å². The Morgan fingerprint density at radius 2 is 1.69 bits per heavy atom. The first kappa shape index (κ1) is 24.5. The van der Waals surface area contributed by atoms with Gasteiger partial charge in [0.25, 0.3) is 5.88 Å². The van der Waals surface area contributed by atoms with Crippen LogP contribution in [-0.4, -0.2) is 42.8 Å². The van der Waals surface area contributed by atoms with Crippen LogP contribution in [-0.2, 0) is 0 Å². The van der Waals surface area contributed by atoms with E-state index in [1.54, 1.807) is 7.11 Å². The van der Waals surface area contributed by atoms with Crippen molar-refractivity contribution in [1.82, 2.24) is 14.5 Å². The average Bonchev–Trinajstić information content (AvgIpc) is 3.50. The number of quaternary nitrogens is 1. The standard InChI is InChI=1S/C27H42N3O2/c1-9-13-30(14-10-2,17-22-11-12-22)25-21(7)28-26(29-27(25)31-8)24-20(6)15-19(5)16-23(24)32-18(3)4/h15-16,18,22H,9-14,17H2,1-8H3/q+1. The normalized spacial score (nSPS) is 14.2. The van der Waals surface area contributed by atoms with Crippen molar-refractivity contribution in [2.75, 3.05) is 26.7 Å². The van der Waals surface area contributed by atoms with Gasteiger partial charge in [-0.25, -0.2) is 4.98 Å². The van der Waals surface area contributed by atoms with Gasteiger partial charge in [0.2, 0.25) is 5.69 Å². The van der Waals surface area contributed by atoms with Crippen molar-refractivity contribution in [2.45, 2.75) is 80.3 Å². The Kier molecular flexibility index (Phi) is 7.81. The summed E-state index contributed by atoms with van der Waals surface area (Å²) < 4.78 is 13.1. The molecule has 0 saturated heterocycles. The molecule has 1 aromatic heterocycles. The van der Waals surface area contributed by atoms with Crippen LogP contribution in [0.5, 0.6) is 11.6 Å². The summed E-state index contributed by atoms with van der Waals surface area (Å²) in [5.74, 6) is 3.05. The second kappa shape index (κ2) is 10.2. The Hall–Kier alpha value is -2.14. The molecule has 2 aromatic rings. The number of ether oxygens (including phenoxy) is 2. The smallest absolute Gasteiger partial charge is 0.280 e. The summed E-state index contributed by atoms with van der Waals surface area (Å²) in [6.07, 6.45) is 5.01. The molecule has 176 valence electrons. The van der Waals surface area contributed by atoms with Crippen LogP contribution in [0, 0.1) is 26.7 Å². The Morgan fingerprint density at radius 3 is 2.22 bits per heavy atom. The molecule has 0 N–H and O–H groups in total. The number of hydrogen-bond donors (Lipinski definition) is 0. The molecular weight excluding hydrogens is 398 g/mol. The van der Waals surface area contributed by atoms with E-state index in [4.69, 9.17) is 19.4 Å². The van der Waals surface area contributed by atoms with Crippen LogP contribution in [0.4, 0.5) is 5.69 Å². The van der Waals surface area contributed by atoms with E-state index in [1.165, 1.54) is 24.1 Å². The summed E-state index contributed by atoms with van der Waals surface area (Å²) in [7, 11) is 1.74. The SMILES string of the molecule is CCC[N+](CCC)(CC1CC1)c1c(C)nc(-c2c(C)cc(C)cc2OC(C)C)nc1OC. The lowest BCUT2D eigenvalue weighted by Gasteiger charge is -2.39. The number of aromatic nitrogens is 2. The van der Waals surface area contributed by atoms with Gasteiger partial charge in [0.05, 0.1) is 38.4 Å². The molecular formula is C27H42N3O2+. The van der Waals surface area contributed by atoms with Crippen LogP contribution >= 0.6 is 0 Å². The third kappa shape index (κ3) is 5.25. The van der Waals surface area contributed by atoms with Crippen molar-refractivity contribution in [3.63, 3.8) is 0 Å². The first-order valence-corrected chi connectivity index (χ1v) is 12.3. The van der Waals surface area contributed by atoms with Gasteiger partial charge < -0.3 is 9.47 Å². The quantitative estimate of drug-likeness (QED) is 0.379. The number of rotatable bonds is 11. The molecule has 1 fully saturated rings. The van der Waals surface area contributed by atoms with Crippen molar-refractivity contribution in [1.29, 1.82) is 0 Å². The molecule has 5 nitrogen and oxygen atoms in total. The predicted octanol–water partition coefficient (Wildman–Crippen LogP) is 6.40. The topological polar surface area (TPSA) is 44.2 Å². The molecule has 0 radical (unpaired) electrons. The average molecular weight is 441 g/mol. The molecule has 32 heavy (non-hydrogen) atoms. The van der Waals surface area contributed by atoms with Crippen LogP contribution in [0.1, 0.15) is 70.2 Å². The summed E-state index contributed by atoms with van der Waals surface area (Å²) in [4.78, 5) is 10.1. The number of methoxy groups -OCH3 is 1. The first-order valence-electron chi connectivity index (χ1n) is 12.3. The molecule has 0 unspecified atom stereocenters. The maximum atomic E-state index is 6.19. The monoisotopic (exact) mass is 440 g/mol. The van der Waals surface area contributed by atoms with Gasteiger partial charge in [0.15, 0.2) is 5.82 Å². The fraction of sp³-hybridized carbons (Fsp3) is 0.630. The number of benzene rings is 1. The molecule has 0 amide bonds. The highest BCUT2D eigenvalue weighted by Gasteiger charge is 2.41. The molecule has 1 heterocycles. The maximum absolute atomic E-state index is 6.19. The lowest BCUT2D eigenvalue weighted by Crippen LogP contribution is -2.52. The molecule has 1 aromatic carbocycles. The fourth-order valence-corrected chi connectivity index (χ4v) is 5.16. The molecule has 1 aliphatic rings. The molecule has 0 bridgehead atoms. The highest BCUT2D eigenvalue weighted by molar-refractivity contribution is 5.71. The molecule has 0 spiro atoms. The van der Waals surface area contributed by atoms with Gasteiger partial charge in [-0.15, -0.1) is 0 Å². The van der Waals surface area contributed by atoms with Crippen LogP contribution in [0.25, 0.3) is 11.4 Å². The summed E-state index contributed by atoms with van der Waals surface area (Å²) in [5.41, 5.74) is 5.44. The van der Waals surface area contributed by atoms with Crippen molar-refractivity contribution in [3.8, 4) is 23.0 Å². The Morgan fingerprint density at radius 1 is 1.03 bits per heavy atom. The largest absolute Gasteiger partial charge is 0.490 e. The Bertz CT molecular complexity index is 929. The number of nitrogens with zero attached hydrogens (tertiary/aromatic N) is 3. The predicted molar refractivity (Wildman–Crippen MR) is 134 cm³/mol. The first-order chi connectivity index (χ1) is 15.2. The van der Waals surface area contributed by atoms with E-state index >= 15 is 0 Å². The van der Waals surface area contributed by atoms with E-state index in [9.17, 15) is 0 Å². The minimum absolute atomic E-state index is 0.0779. The number of hydrogen-bond acceptors (Lipinski definition) is 4. The van der Waals surface area contributed by atoms with Crippen molar-refractivity contribution >= 4 is 5.69 Å². The second-order valence-corrected chi connectivity index (χ2v) is 9.83. The van der Waals surface area contributed by atoms with Gasteiger partial charge in [-0.1, -0.05) is 19.9 Å². The van der Waals surface area contributed by atoms with Gasteiger partial charge in [-0.2, -0.15) is 4.98 Å². The van der Waals surface area contributed by atoms with E-state index in [0.29, 0.717) is 11.7 Å². The highest BCUT2D eigenvalue weighted by atomic mass is 16.5. The number of aryl methyl sites for hydroxylation is 3. The van der Waals surface area contributed by atoms with Crippen LogP contribution in [0.3, 0.4) is 0 Å². The third-order valence-electron chi connectivity index (χ3n) is 6.33. The summed E-state index contributed by atoms with van der Waals surface area (Å²) in [6.45, 7) is 18.3. The van der Waals surface area contributed by atoms with Gasteiger partial charge >= 0.3 is 0 Å². The molecule has 1 aliphatic carbocycles. The van der Waals surface area contributed by atoms with E-state index in [1.807, 2.05) is 0 Å². The van der Waals surface area contributed by atoms with E-state index in [2.05, 4.69) is 60.6 Å². The molecule has 0 aliphatic heterocycles. The van der Waals surface area contributed by atoms with Crippen molar-refractivity contribution in [2.24, 2.45) is 5.92 Å². The van der Waals surface area contributed by atoms with Crippen LogP contribution in [0.2, 0.25) is 0 Å². The molecule has 0 atom stereocenters. The maximum Gasteiger partial charge on any atom is 0.280 e. The molecule has 1 saturated carbocycles. The summed E-state index contributed by atoms with van der Waals surface area (Å²) >= 11 is 0. The Balaban J connectivity index is 2.19. The molecule has 5 heteroatoms. The molecule has 3 rings (SSSR count). The highest BCUT2D eigenvalue weighted by Crippen LogP contribution is 2.43. The minimum atomic E-state index is 0.0779. The zero-order valence-corrected chi connectivity index (χ0v) is 21.4. The lowest BCUT2D eigenvalue weighted by atomic mass is 10.0. The minimum Gasteiger partial charge on any atom is -0.490 e. The zero-order chi connectivity index (χ0) is 23.5. The summed E-state index contributed by atoms with van der Waals surface area (Å²) in [6, 6.07) is 4.26. The second-order valence-electron chi connectivity index (χ2n) is 9.83. The summed E-state index contributed by atoms with van der Waals surface area (Å²) in [5, 5.41) is 0. The van der Waals surface area contributed by atoms with Crippen molar-refractivity contribution in [3.05, 3.63) is 29.0 Å². The van der Waals surface area contributed by atoms with Crippen LogP contribution < -0.4 is 14.0 Å². The third-order valence-corrected chi connectivity index (χ3v) is 6.33. The lowest BCUT2D eigenvalue weighted by molar-refractivity contribution is 0.243. The van der Waals surface area contributed by atoms with E-state index in [0.717, 1.165) is 65.4 Å². The van der Waals surface area contributed by atoms with E-state index in [-0.39, 0.29) is 6.10 Å². The van der Waals surface area contributed by atoms with Crippen LogP contribution in [0.15, 0.2) is 12.1 Å². The van der Waals surface area contributed by atoms with Gasteiger partial charge in [-0.05, 0) is 77.5 Å².